The maximum absolute atomic E-state index is 5.67. The largest absolute Gasteiger partial charge is 0.378 e. The van der Waals surface area contributed by atoms with E-state index < -0.39 is 0 Å². The van der Waals surface area contributed by atoms with Crippen LogP contribution in [0.4, 0.5) is 0 Å². The third-order valence-corrected chi connectivity index (χ3v) is 3.50. The van der Waals surface area contributed by atoms with Gasteiger partial charge in [0.05, 0.1) is 18.8 Å². The van der Waals surface area contributed by atoms with Crippen LogP contribution in [0.3, 0.4) is 0 Å². The van der Waals surface area contributed by atoms with Crippen LogP contribution in [-0.4, -0.2) is 29.3 Å². The molecule has 1 aromatic heterocycles. The van der Waals surface area contributed by atoms with Gasteiger partial charge in [-0.3, -0.25) is 0 Å². The molecule has 0 amide bonds. The highest BCUT2D eigenvalue weighted by molar-refractivity contribution is 5.02. The minimum Gasteiger partial charge on any atom is -0.378 e. The molecule has 1 fully saturated rings. The Bertz CT molecular complexity index is 350. The van der Waals surface area contributed by atoms with E-state index in [1.54, 1.807) is 0 Å². The van der Waals surface area contributed by atoms with E-state index in [1.807, 2.05) is 13.2 Å². The fourth-order valence-corrected chi connectivity index (χ4v) is 2.69. The van der Waals surface area contributed by atoms with Gasteiger partial charge in [-0.15, -0.1) is 0 Å². The van der Waals surface area contributed by atoms with E-state index in [4.69, 9.17) is 4.74 Å². The molecule has 1 N–H and O–H groups in total. The summed E-state index contributed by atoms with van der Waals surface area (Å²) in [5.41, 5.74) is 0. The van der Waals surface area contributed by atoms with Gasteiger partial charge in [-0.1, -0.05) is 6.92 Å². The molecule has 2 rings (SSSR count). The Hall–Kier alpha value is -0.870. The van der Waals surface area contributed by atoms with Crippen LogP contribution in [0.25, 0.3) is 0 Å². The highest BCUT2D eigenvalue weighted by Gasteiger charge is 2.31. The number of nitrogens with zero attached hydrogens (tertiary/aromatic N) is 2. The summed E-state index contributed by atoms with van der Waals surface area (Å²) < 4.78 is 7.92. The molecule has 3 unspecified atom stereocenters. The maximum atomic E-state index is 5.67. The molecule has 17 heavy (non-hydrogen) atoms. The lowest BCUT2D eigenvalue weighted by Gasteiger charge is -2.22. The van der Waals surface area contributed by atoms with E-state index in [-0.39, 0.29) is 0 Å². The SMILES string of the molecule is CCCn1ccnc1C(NC)C1COC(C)C1. The van der Waals surface area contributed by atoms with Crippen molar-refractivity contribution in [1.29, 1.82) is 0 Å². The molecule has 96 valence electrons. The second-order valence-corrected chi connectivity index (χ2v) is 4.88. The van der Waals surface area contributed by atoms with Crippen molar-refractivity contribution in [1.82, 2.24) is 14.9 Å². The summed E-state index contributed by atoms with van der Waals surface area (Å²) >= 11 is 0. The molecule has 1 aliphatic rings. The van der Waals surface area contributed by atoms with Gasteiger partial charge in [0.25, 0.3) is 0 Å². The van der Waals surface area contributed by atoms with Crippen molar-refractivity contribution in [3.05, 3.63) is 18.2 Å². The number of rotatable bonds is 5. The topological polar surface area (TPSA) is 39.1 Å². The van der Waals surface area contributed by atoms with Crippen LogP contribution >= 0.6 is 0 Å². The van der Waals surface area contributed by atoms with Crippen LogP contribution in [0.15, 0.2) is 12.4 Å². The van der Waals surface area contributed by atoms with Crippen molar-refractivity contribution in [2.45, 2.75) is 45.4 Å². The van der Waals surface area contributed by atoms with Gasteiger partial charge in [-0.05, 0) is 26.8 Å². The minimum absolute atomic E-state index is 0.307. The van der Waals surface area contributed by atoms with Gasteiger partial charge in [0.15, 0.2) is 0 Å². The summed E-state index contributed by atoms with van der Waals surface area (Å²) in [7, 11) is 2.01. The maximum Gasteiger partial charge on any atom is 0.126 e. The molecule has 1 saturated heterocycles. The summed E-state index contributed by atoms with van der Waals surface area (Å²) in [6.07, 6.45) is 6.60. The van der Waals surface area contributed by atoms with Gasteiger partial charge in [0.2, 0.25) is 0 Å². The van der Waals surface area contributed by atoms with Gasteiger partial charge < -0.3 is 14.6 Å². The Balaban J connectivity index is 2.14. The van der Waals surface area contributed by atoms with Crippen LogP contribution in [0, 0.1) is 5.92 Å². The molecule has 0 spiro atoms. The Labute approximate surface area is 103 Å². The molecular weight excluding hydrogens is 214 g/mol. The third-order valence-electron chi connectivity index (χ3n) is 3.50. The Kier molecular flexibility index (Phi) is 4.18. The number of aryl methyl sites for hydroxylation is 1. The van der Waals surface area contributed by atoms with Crippen molar-refractivity contribution in [2.24, 2.45) is 5.92 Å². The molecule has 1 aliphatic heterocycles. The van der Waals surface area contributed by atoms with Gasteiger partial charge >= 0.3 is 0 Å². The summed E-state index contributed by atoms with van der Waals surface area (Å²) in [6.45, 7) is 6.21. The predicted molar refractivity (Wildman–Crippen MR) is 67.8 cm³/mol. The van der Waals surface area contributed by atoms with Crippen molar-refractivity contribution in [3.8, 4) is 0 Å². The first kappa shape index (κ1) is 12.6. The number of hydrogen-bond acceptors (Lipinski definition) is 3. The van der Waals surface area contributed by atoms with Crippen LogP contribution in [0.1, 0.15) is 38.6 Å². The van der Waals surface area contributed by atoms with E-state index in [0.29, 0.717) is 18.1 Å². The molecule has 1 aromatic rings. The highest BCUT2D eigenvalue weighted by atomic mass is 16.5. The van der Waals surface area contributed by atoms with Crippen LogP contribution in [-0.2, 0) is 11.3 Å². The molecule has 0 aliphatic carbocycles. The van der Waals surface area contributed by atoms with E-state index in [2.05, 4.69) is 34.9 Å². The number of imidazole rings is 1. The normalized spacial score (nSPS) is 26.3. The Morgan fingerprint density at radius 2 is 2.47 bits per heavy atom. The van der Waals surface area contributed by atoms with Crippen molar-refractivity contribution < 1.29 is 4.74 Å². The molecular formula is C13H23N3O. The smallest absolute Gasteiger partial charge is 0.126 e. The first-order valence-electron chi connectivity index (χ1n) is 6.56. The number of ether oxygens (including phenoxy) is 1. The first-order valence-corrected chi connectivity index (χ1v) is 6.56. The molecule has 0 saturated carbocycles. The molecule has 2 heterocycles. The monoisotopic (exact) mass is 237 g/mol. The lowest BCUT2D eigenvalue weighted by atomic mass is 9.96. The Morgan fingerprint density at radius 1 is 1.65 bits per heavy atom. The second kappa shape index (κ2) is 5.65. The summed E-state index contributed by atoms with van der Waals surface area (Å²) in [4.78, 5) is 4.52. The van der Waals surface area contributed by atoms with E-state index in [9.17, 15) is 0 Å². The zero-order valence-corrected chi connectivity index (χ0v) is 11.0. The molecule has 0 aromatic carbocycles. The molecule has 4 heteroatoms. The van der Waals surface area contributed by atoms with Crippen LogP contribution in [0.5, 0.6) is 0 Å². The predicted octanol–water partition coefficient (Wildman–Crippen LogP) is 1.98. The number of nitrogens with one attached hydrogen (secondary N) is 1. The fourth-order valence-electron chi connectivity index (χ4n) is 2.69. The zero-order valence-electron chi connectivity index (χ0n) is 11.0. The van der Waals surface area contributed by atoms with Gasteiger partial charge in [0.1, 0.15) is 5.82 Å². The summed E-state index contributed by atoms with van der Waals surface area (Å²) in [5.74, 6) is 1.69. The van der Waals surface area contributed by atoms with Gasteiger partial charge in [-0.2, -0.15) is 0 Å². The lowest BCUT2D eigenvalue weighted by molar-refractivity contribution is 0.116. The minimum atomic E-state index is 0.307. The van der Waals surface area contributed by atoms with Crippen LogP contribution in [0.2, 0.25) is 0 Å². The standard InChI is InChI=1S/C13H23N3O/c1-4-6-16-7-5-15-13(16)12(14-3)11-8-10(2)17-9-11/h5,7,10-12,14H,4,6,8-9H2,1-3H3. The Morgan fingerprint density at radius 3 is 3.06 bits per heavy atom. The first-order chi connectivity index (χ1) is 8.26. The number of aromatic nitrogens is 2. The average Bonchev–Trinajstić information content (AvgIpc) is 2.91. The van der Waals surface area contributed by atoms with Crippen LogP contribution < -0.4 is 5.32 Å². The molecule has 0 bridgehead atoms. The van der Waals surface area contributed by atoms with Crippen molar-refractivity contribution >= 4 is 0 Å². The quantitative estimate of drug-likeness (QED) is 0.851. The molecule has 0 radical (unpaired) electrons. The van der Waals surface area contributed by atoms with Gasteiger partial charge in [-0.25, -0.2) is 4.98 Å². The van der Waals surface area contributed by atoms with Crippen molar-refractivity contribution in [2.75, 3.05) is 13.7 Å². The molecule has 3 atom stereocenters. The summed E-state index contributed by atoms with van der Waals surface area (Å²) in [5, 5.41) is 3.40. The second-order valence-electron chi connectivity index (χ2n) is 4.88. The number of hydrogen-bond donors (Lipinski definition) is 1. The van der Waals surface area contributed by atoms with Gasteiger partial charge in [0, 0.05) is 24.9 Å². The highest BCUT2D eigenvalue weighted by Crippen LogP contribution is 2.30. The molecule has 4 nitrogen and oxygen atoms in total. The average molecular weight is 237 g/mol. The summed E-state index contributed by atoms with van der Waals surface area (Å²) in [6, 6.07) is 0.307. The van der Waals surface area contributed by atoms with E-state index in [1.165, 1.54) is 0 Å². The lowest BCUT2D eigenvalue weighted by Crippen LogP contribution is -2.28. The third kappa shape index (κ3) is 2.69. The fraction of sp³-hybridized carbons (Fsp3) is 0.769. The van der Waals surface area contributed by atoms with Crippen molar-refractivity contribution in [3.63, 3.8) is 0 Å². The van der Waals surface area contributed by atoms with E-state index in [0.717, 1.165) is 31.8 Å². The van der Waals surface area contributed by atoms with E-state index >= 15 is 0 Å². The zero-order chi connectivity index (χ0) is 12.3.